The van der Waals surface area contributed by atoms with Crippen LogP contribution in [0, 0.1) is 6.92 Å². The first-order chi connectivity index (χ1) is 39.9. The van der Waals surface area contributed by atoms with E-state index in [1.54, 1.807) is 26.0 Å². The number of rotatable bonds is 24. The Morgan fingerprint density at radius 2 is 1.18 bits per heavy atom. The Morgan fingerprint density at radius 3 is 1.78 bits per heavy atom. The summed E-state index contributed by atoms with van der Waals surface area (Å²) in [6, 6.07) is 51.1. The molecule has 0 unspecified atom stereocenters. The highest BCUT2D eigenvalue weighted by Crippen LogP contribution is 2.39. The predicted molar refractivity (Wildman–Crippen MR) is 349 cm³/mol. The number of hydrogen-bond acceptors (Lipinski definition) is 9. The molecule has 0 saturated carbocycles. The fourth-order valence-electron chi connectivity index (χ4n) is 12.1. The summed E-state index contributed by atoms with van der Waals surface area (Å²) in [5.74, 6) is -0.135. The van der Waals surface area contributed by atoms with Gasteiger partial charge in [0, 0.05) is 64.0 Å². The Labute approximate surface area is 491 Å². The second-order valence-corrected chi connectivity index (χ2v) is 27.3. The molecule has 6 N–H and O–H groups in total. The van der Waals surface area contributed by atoms with Crippen molar-refractivity contribution in [1.29, 1.82) is 0 Å². The van der Waals surface area contributed by atoms with Gasteiger partial charge in [-0.15, -0.1) is 0 Å². The summed E-state index contributed by atoms with van der Waals surface area (Å²) in [5.41, 5.74) is 13.9. The highest BCUT2D eigenvalue weighted by Gasteiger charge is 2.36. The molecule has 0 radical (unpaired) electrons. The fourth-order valence-corrected chi connectivity index (χ4v) is 15.2. The van der Waals surface area contributed by atoms with E-state index in [4.69, 9.17) is 0 Å². The number of nitrogens with zero attached hydrogens (tertiary/aromatic N) is 2. The molecule has 1 aliphatic rings. The summed E-state index contributed by atoms with van der Waals surface area (Å²) >= 11 is 0. The van der Waals surface area contributed by atoms with Crippen molar-refractivity contribution in [3.63, 3.8) is 0 Å². The molecule has 0 spiro atoms. The quantitative estimate of drug-likeness (QED) is 0.0154. The zero-order chi connectivity index (χ0) is 59.1. The van der Waals surface area contributed by atoms with Gasteiger partial charge in [-0.3, -0.25) is 19.4 Å². The standard InChI is InChI=1S/C70H78B2N4O6Si/c1-10-49-28-32-58-67(38-49)83(8,9)68-41-54(73-7)31-34-59(68)69(58)60-39-50(29-27-48(60)6)51-30-33-57-61(40-51)63(45-75(36-18-17-26-66(77)46(2)3)42-52-20-11-15-24-64(52)71(79)80)56-23-14-13-22-55(56)62(57)44-76(37-19-35-74-70(78)47(4)5)43-53-21-12-16-25-65(53)72(81)82/h10-16,20-25,27-34,38-41,73,79-82H,2,4,17-19,26,35-37,42-45H2,1,3,5-9H3,(H,74,78)/b49-10+. The highest BCUT2D eigenvalue weighted by molar-refractivity contribution is 7.01. The molecular weight excluding hydrogens is 1040 g/mol. The van der Waals surface area contributed by atoms with Gasteiger partial charge in [0.15, 0.2) is 5.78 Å². The predicted octanol–water partition coefficient (Wildman–Crippen LogP) is 7.96. The minimum atomic E-state index is -2.16. The van der Waals surface area contributed by atoms with E-state index in [-0.39, 0.29) is 11.7 Å². The number of anilines is 1. The maximum absolute atomic E-state index is 12.8. The number of nitrogens with one attached hydrogen (secondary N) is 2. The fraction of sp³-hybridized carbons (Fsp3) is 0.257. The lowest BCUT2D eigenvalue weighted by atomic mass is 9.77. The van der Waals surface area contributed by atoms with Gasteiger partial charge in [0.25, 0.3) is 0 Å². The van der Waals surface area contributed by atoms with Crippen LogP contribution in [-0.4, -0.2) is 90.6 Å². The molecular formula is C70H78B2N4O6Si. The molecule has 0 aliphatic carbocycles. The monoisotopic (exact) mass is 1120 g/mol. The Balaban J connectivity index is 1.25. The molecule has 10 nitrogen and oxygen atoms in total. The van der Waals surface area contributed by atoms with Crippen LogP contribution >= 0.6 is 0 Å². The first-order valence-electron chi connectivity index (χ1n) is 29.0. The van der Waals surface area contributed by atoms with Crippen LogP contribution in [0.15, 0.2) is 170 Å². The van der Waals surface area contributed by atoms with Crippen LogP contribution in [0.1, 0.15) is 85.4 Å². The molecule has 8 aromatic carbocycles. The molecule has 8 aromatic rings. The van der Waals surface area contributed by atoms with E-state index in [1.807, 2.05) is 43.4 Å². The van der Waals surface area contributed by atoms with Gasteiger partial charge in [0.2, 0.25) is 5.91 Å². The second kappa shape index (κ2) is 26.4. The maximum Gasteiger partial charge on any atom is 0.488 e. The molecule has 424 valence electrons. The Bertz CT molecular complexity index is 3910. The van der Waals surface area contributed by atoms with Gasteiger partial charge in [-0.2, -0.15) is 0 Å². The van der Waals surface area contributed by atoms with Crippen molar-refractivity contribution in [3.05, 3.63) is 219 Å². The number of aryl methyl sites for hydroxylation is 1. The summed E-state index contributed by atoms with van der Waals surface area (Å²) in [5, 5.41) is 58.5. The molecule has 1 amide bonds. The molecule has 0 fully saturated rings. The number of hydrogen-bond donors (Lipinski definition) is 6. The molecule has 1 aliphatic heterocycles. The summed E-state index contributed by atoms with van der Waals surface area (Å²) in [7, 11) is -3.48. The number of fused-ring (bicyclic) bond motifs is 4. The van der Waals surface area contributed by atoms with E-state index in [1.165, 1.54) is 43.1 Å². The van der Waals surface area contributed by atoms with Crippen molar-refractivity contribution in [2.75, 3.05) is 32.0 Å². The van der Waals surface area contributed by atoms with Crippen molar-refractivity contribution < 1.29 is 29.7 Å². The summed E-state index contributed by atoms with van der Waals surface area (Å²) in [6.07, 6.45) is 4.64. The Hall–Kier alpha value is -7.45. The van der Waals surface area contributed by atoms with Crippen LogP contribution in [0.5, 0.6) is 0 Å². The van der Waals surface area contributed by atoms with Crippen LogP contribution in [-0.2, 0) is 35.8 Å². The number of unbranched alkanes of at least 4 members (excludes halogenated alkanes) is 1. The van der Waals surface area contributed by atoms with Crippen LogP contribution in [0.2, 0.25) is 13.1 Å². The number of allylic oxidation sites excluding steroid dienone is 1. The van der Waals surface area contributed by atoms with E-state index in [9.17, 15) is 29.7 Å². The second-order valence-electron chi connectivity index (χ2n) is 23.0. The van der Waals surface area contributed by atoms with Crippen molar-refractivity contribution in [2.45, 2.75) is 92.7 Å². The smallest absolute Gasteiger partial charge is 0.423 e. The topological polar surface area (TPSA) is 146 Å². The van der Waals surface area contributed by atoms with Gasteiger partial charge in [-0.1, -0.05) is 154 Å². The largest absolute Gasteiger partial charge is 0.488 e. The lowest BCUT2D eigenvalue weighted by Crippen LogP contribution is -2.63. The third-order valence-corrected chi connectivity index (χ3v) is 20.3. The SMILES string of the molecule is C=C(C)C(=O)CCCCN(Cc1ccccc1B(O)O)Cc1c2ccccc2c(CN(CCCNC(=O)C(=C)C)Cc2ccccc2B(O)O)c2ccc(-c3ccc(C)c(C4=c5cc/c(=C\C)cc5[Si](C)(C)c5cc(NC)ccc54)c3)cc12. The third kappa shape index (κ3) is 13.3. The number of ketones is 1. The molecule has 1 heterocycles. The van der Waals surface area contributed by atoms with Crippen LogP contribution in [0.3, 0.4) is 0 Å². The molecule has 0 aromatic heterocycles. The van der Waals surface area contributed by atoms with Gasteiger partial charge in [0.1, 0.15) is 8.07 Å². The lowest BCUT2D eigenvalue weighted by molar-refractivity contribution is -0.117. The van der Waals surface area contributed by atoms with Crippen molar-refractivity contribution >= 4 is 94.2 Å². The van der Waals surface area contributed by atoms with Gasteiger partial charge >= 0.3 is 14.2 Å². The highest BCUT2D eigenvalue weighted by atomic mass is 28.3. The first kappa shape index (κ1) is 60.1. The van der Waals surface area contributed by atoms with E-state index in [0.717, 1.165) is 67.0 Å². The Morgan fingerprint density at radius 1 is 0.602 bits per heavy atom. The minimum Gasteiger partial charge on any atom is -0.423 e. The van der Waals surface area contributed by atoms with Gasteiger partial charge < -0.3 is 30.7 Å². The number of carbonyl (C=O) groups is 2. The number of benzene rings is 8. The molecule has 0 bridgehead atoms. The van der Waals surface area contributed by atoms with Gasteiger partial charge in [-0.05, 0) is 192 Å². The first-order valence-corrected chi connectivity index (χ1v) is 32.0. The number of Topliss-reactive ketones (excluding diaryl/α,β-unsaturated/α-hetero) is 1. The third-order valence-electron chi connectivity index (χ3n) is 16.8. The normalized spacial score (nSPS) is 12.9. The Kier molecular flexibility index (Phi) is 19.1. The summed E-state index contributed by atoms with van der Waals surface area (Å²) < 4.78 is 0. The van der Waals surface area contributed by atoms with E-state index >= 15 is 0 Å². The average Bonchev–Trinajstić information content (AvgIpc) is 1.97. The van der Waals surface area contributed by atoms with E-state index < -0.39 is 22.3 Å². The zero-order valence-electron chi connectivity index (χ0n) is 49.3. The van der Waals surface area contributed by atoms with Gasteiger partial charge in [-0.25, -0.2) is 0 Å². The lowest BCUT2D eigenvalue weighted by Gasteiger charge is -2.34. The van der Waals surface area contributed by atoms with Gasteiger partial charge in [0.05, 0.1) is 0 Å². The summed E-state index contributed by atoms with van der Waals surface area (Å²) in [6.45, 7) is 24.0. The molecule has 0 atom stereocenters. The maximum atomic E-state index is 12.8. The average molecular weight is 1120 g/mol. The van der Waals surface area contributed by atoms with Crippen LogP contribution in [0.25, 0.3) is 44.3 Å². The molecule has 9 rings (SSSR count). The van der Waals surface area contributed by atoms with E-state index in [2.05, 4.69) is 164 Å². The van der Waals surface area contributed by atoms with Crippen molar-refractivity contribution in [3.8, 4) is 11.1 Å². The summed E-state index contributed by atoms with van der Waals surface area (Å²) in [4.78, 5) is 30.2. The molecule has 13 heteroatoms. The molecule has 83 heavy (non-hydrogen) atoms. The zero-order valence-corrected chi connectivity index (χ0v) is 50.3. The molecule has 0 saturated heterocycles. The van der Waals surface area contributed by atoms with E-state index in [0.29, 0.717) is 87.1 Å². The van der Waals surface area contributed by atoms with Crippen molar-refractivity contribution in [1.82, 2.24) is 15.1 Å². The number of carbonyl (C=O) groups excluding carboxylic acids is 2. The van der Waals surface area contributed by atoms with Crippen LogP contribution in [0.4, 0.5) is 5.69 Å². The van der Waals surface area contributed by atoms with Crippen molar-refractivity contribution in [2.24, 2.45) is 0 Å². The minimum absolute atomic E-state index is 0.0551. The van der Waals surface area contributed by atoms with Crippen LogP contribution < -0.4 is 42.4 Å². The number of amides is 1.